The van der Waals surface area contributed by atoms with Gasteiger partial charge in [0.15, 0.2) is 0 Å². The van der Waals surface area contributed by atoms with E-state index in [2.05, 4.69) is 10.2 Å². The Hall–Kier alpha value is -2.62. The second-order valence-corrected chi connectivity index (χ2v) is 3.99. The summed E-state index contributed by atoms with van der Waals surface area (Å²) in [7, 11) is 0. The standard InChI is InChI=1S/C14H10N2O2/c17-13-8-7-12(15-16-13)11-6-5-9-3-1-2-4-10(9)14(11)18/h1-8,18H,(H,16,17). The summed E-state index contributed by atoms with van der Waals surface area (Å²) in [5.74, 6) is 0.174. The number of nitrogens with one attached hydrogen (secondary N) is 1. The van der Waals surface area contributed by atoms with Gasteiger partial charge in [0.1, 0.15) is 5.75 Å². The molecule has 3 rings (SSSR count). The summed E-state index contributed by atoms with van der Waals surface area (Å²) in [4.78, 5) is 11.0. The van der Waals surface area contributed by atoms with Gasteiger partial charge in [-0.15, -0.1) is 0 Å². The summed E-state index contributed by atoms with van der Waals surface area (Å²) in [6.07, 6.45) is 0. The molecular weight excluding hydrogens is 228 g/mol. The molecule has 0 radical (unpaired) electrons. The number of hydrogen-bond donors (Lipinski definition) is 2. The number of phenolic OH excluding ortho intramolecular Hbond substituents is 1. The summed E-state index contributed by atoms with van der Waals surface area (Å²) >= 11 is 0. The van der Waals surface area contributed by atoms with E-state index in [1.165, 1.54) is 6.07 Å². The van der Waals surface area contributed by atoms with Crippen molar-refractivity contribution >= 4 is 10.8 Å². The van der Waals surface area contributed by atoms with Crippen LogP contribution in [0.15, 0.2) is 53.3 Å². The first-order valence-electron chi connectivity index (χ1n) is 5.52. The van der Waals surface area contributed by atoms with Crippen LogP contribution in [0, 0.1) is 0 Å². The Morgan fingerprint density at radius 2 is 1.83 bits per heavy atom. The highest BCUT2D eigenvalue weighted by molar-refractivity contribution is 5.94. The third-order valence-corrected chi connectivity index (χ3v) is 2.86. The molecule has 0 aliphatic heterocycles. The van der Waals surface area contributed by atoms with Crippen molar-refractivity contribution in [2.75, 3.05) is 0 Å². The topological polar surface area (TPSA) is 66.0 Å². The minimum absolute atomic E-state index is 0.174. The Balaban J connectivity index is 2.27. The first kappa shape index (κ1) is 10.5. The quantitative estimate of drug-likeness (QED) is 0.683. The molecule has 0 aliphatic rings. The van der Waals surface area contributed by atoms with Crippen LogP contribution in [0.1, 0.15) is 0 Å². The number of aromatic amines is 1. The van der Waals surface area contributed by atoms with Crippen molar-refractivity contribution in [3.8, 4) is 17.0 Å². The SMILES string of the molecule is O=c1ccc(-c2ccc3ccccc3c2O)n[nH]1. The first-order valence-corrected chi connectivity index (χ1v) is 5.52. The molecule has 0 atom stereocenters. The lowest BCUT2D eigenvalue weighted by molar-refractivity contribution is 0.483. The fourth-order valence-corrected chi connectivity index (χ4v) is 1.96. The van der Waals surface area contributed by atoms with Crippen LogP contribution >= 0.6 is 0 Å². The van der Waals surface area contributed by atoms with Crippen LogP contribution in [0.2, 0.25) is 0 Å². The second kappa shape index (κ2) is 4.00. The number of rotatable bonds is 1. The molecule has 18 heavy (non-hydrogen) atoms. The van der Waals surface area contributed by atoms with Gasteiger partial charge in [-0.25, -0.2) is 5.10 Å². The first-order chi connectivity index (χ1) is 8.75. The van der Waals surface area contributed by atoms with E-state index in [4.69, 9.17) is 0 Å². The molecule has 2 aromatic carbocycles. The maximum Gasteiger partial charge on any atom is 0.264 e. The van der Waals surface area contributed by atoms with Gasteiger partial charge in [-0.05, 0) is 17.5 Å². The van der Waals surface area contributed by atoms with Gasteiger partial charge < -0.3 is 5.11 Å². The third-order valence-electron chi connectivity index (χ3n) is 2.86. The monoisotopic (exact) mass is 238 g/mol. The Bertz CT molecular complexity index is 758. The summed E-state index contributed by atoms with van der Waals surface area (Å²) in [6, 6.07) is 14.2. The van der Waals surface area contributed by atoms with E-state index in [9.17, 15) is 9.90 Å². The van der Waals surface area contributed by atoms with Crippen molar-refractivity contribution in [3.63, 3.8) is 0 Å². The molecule has 0 bridgehead atoms. The van der Waals surface area contributed by atoms with Crippen molar-refractivity contribution in [1.29, 1.82) is 0 Å². The van der Waals surface area contributed by atoms with Crippen LogP contribution in [0.4, 0.5) is 0 Å². The highest BCUT2D eigenvalue weighted by Gasteiger charge is 2.09. The van der Waals surface area contributed by atoms with Crippen molar-refractivity contribution in [1.82, 2.24) is 10.2 Å². The molecule has 4 nitrogen and oxygen atoms in total. The van der Waals surface area contributed by atoms with Crippen LogP contribution in [-0.2, 0) is 0 Å². The zero-order valence-electron chi connectivity index (χ0n) is 9.42. The van der Waals surface area contributed by atoms with Crippen LogP contribution in [0.3, 0.4) is 0 Å². The van der Waals surface area contributed by atoms with Gasteiger partial charge in [-0.1, -0.05) is 30.3 Å². The molecule has 4 heteroatoms. The van der Waals surface area contributed by atoms with Crippen molar-refractivity contribution in [2.45, 2.75) is 0 Å². The summed E-state index contributed by atoms with van der Waals surface area (Å²) in [5.41, 5.74) is 0.877. The average Bonchev–Trinajstić information content (AvgIpc) is 2.41. The Morgan fingerprint density at radius 3 is 2.61 bits per heavy atom. The fourth-order valence-electron chi connectivity index (χ4n) is 1.96. The summed E-state index contributed by atoms with van der Waals surface area (Å²) < 4.78 is 0. The van der Waals surface area contributed by atoms with Gasteiger partial charge >= 0.3 is 0 Å². The van der Waals surface area contributed by atoms with Crippen LogP contribution in [-0.4, -0.2) is 15.3 Å². The molecule has 0 aliphatic carbocycles. The highest BCUT2D eigenvalue weighted by Crippen LogP contribution is 2.34. The Labute approximate surface area is 103 Å². The number of aromatic hydroxyl groups is 1. The molecule has 1 aromatic heterocycles. The van der Waals surface area contributed by atoms with E-state index in [1.807, 2.05) is 30.3 Å². The van der Waals surface area contributed by atoms with Crippen LogP contribution in [0.5, 0.6) is 5.75 Å². The number of H-pyrrole nitrogens is 1. The number of hydrogen-bond acceptors (Lipinski definition) is 3. The molecule has 0 saturated carbocycles. The minimum atomic E-state index is -0.265. The molecule has 0 spiro atoms. The molecule has 0 saturated heterocycles. The summed E-state index contributed by atoms with van der Waals surface area (Å²) in [6.45, 7) is 0. The maximum absolute atomic E-state index is 11.0. The van der Waals surface area contributed by atoms with E-state index in [0.29, 0.717) is 11.3 Å². The normalized spacial score (nSPS) is 10.7. The molecule has 1 heterocycles. The van der Waals surface area contributed by atoms with E-state index in [1.54, 1.807) is 12.1 Å². The minimum Gasteiger partial charge on any atom is -0.507 e. The maximum atomic E-state index is 11.0. The van der Waals surface area contributed by atoms with Crippen molar-refractivity contribution in [2.24, 2.45) is 0 Å². The lowest BCUT2D eigenvalue weighted by Crippen LogP contribution is -2.05. The zero-order valence-corrected chi connectivity index (χ0v) is 9.42. The molecular formula is C14H10N2O2. The van der Waals surface area contributed by atoms with Crippen LogP contribution in [0.25, 0.3) is 22.0 Å². The lowest BCUT2D eigenvalue weighted by Gasteiger charge is -2.06. The molecule has 3 aromatic rings. The molecule has 2 N–H and O–H groups in total. The summed E-state index contributed by atoms with van der Waals surface area (Å²) in [5, 5.41) is 18.2. The van der Waals surface area contributed by atoms with Gasteiger partial charge in [0.05, 0.1) is 5.69 Å². The molecule has 0 unspecified atom stereocenters. The van der Waals surface area contributed by atoms with Gasteiger partial charge in [0, 0.05) is 17.0 Å². The Morgan fingerprint density at radius 1 is 1.00 bits per heavy atom. The molecule has 0 amide bonds. The van der Waals surface area contributed by atoms with E-state index in [-0.39, 0.29) is 11.3 Å². The number of nitrogens with zero attached hydrogens (tertiary/aromatic N) is 1. The van der Waals surface area contributed by atoms with Gasteiger partial charge in [0.25, 0.3) is 5.56 Å². The van der Waals surface area contributed by atoms with Crippen LogP contribution < -0.4 is 5.56 Å². The second-order valence-electron chi connectivity index (χ2n) is 3.99. The Kier molecular flexibility index (Phi) is 2.34. The third kappa shape index (κ3) is 1.64. The number of fused-ring (bicyclic) bond motifs is 1. The average molecular weight is 238 g/mol. The van der Waals surface area contributed by atoms with Gasteiger partial charge in [0.2, 0.25) is 0 Å². The molecule has 0 fully saturated rings. The highest BCUT2D eigenvalue weighted by atomic mass is 16.3. The van der Waals surface area contributed by atoms with E-state index in [0.717, 1.165) is 10.8 Å². The lowest BCUT2D eigenvalue weighted by atomic mass is 10.0. The van der Waals surface area contributed by atoms with Crippen molar-refractivity contribution in [3.05, 3.63) is 58.9 Å². The number of benzene rings is 2. The van der Waals surface area contributed by atoms with Gasteiger partial charge in [-0.3, -0.25) is 4.79 Å². The predicted molar refractivity (Wildman–Crippen MR) is 69.5 cm³/mol. The largest absolute Gasteiger partial charge is 0.507 e. The predicted octanol–water partition coefficient (Wildman–Crippen LogP) is 2.30. The molecule has 88 valence electrons. The van der Waals surface area contributed by atoms with E-state index < -0.39 is 0 Å². The van der Waals surface area contributed by atoms with E-state index >= 15 is 0 Å². The zero-order chi connectivity index (χ0) is 12.5. The van der Waals surface area contributed by atoms with Gasteiger partial charge in [-0.2, -0.15) is 5.10 Å². The number of phenols is 1. The van der Waals surface area contributed by atoms with Crippen molar-refractivity contribution < 1.29 is 5.11 Å². The fraction of sp³-hybridized carbons (Fsp3) is 0. The number of aromatic nitrogens is 2. The smallest absolute Gasteiger partial charge is 0.264 e.